The van der Waals surface area contributed by atoms with Crippen LogP contribution in [0.3, 0.4) is 0 Å². The largest absolute Gasteiger partial charge is 0.501 e. The monoisotopic (exact) mass is 450 g/mol. The summed E-state index contributed by atoms with van der Waals surface area (Å²) in [5, 5.41) is 0. The lowest BCUT2D eigenvalue weighted by Crippen LogP contribution is -1.95. The molecular weight excluding hydrogens is 430 g/mol. The number of ether oxygens (including phenoxy) is 4. The lowest BCUT2D eigenvalue weighted by atomic mass is 9.99. The van der Waals surface area contributed by atoms with Gasteiger partial charge in [-0.15, -0.1) is 0 Å². The van der Waals surface area contributed by atoms with E-state index in [0.29, 0.717) is 11.3 Å². The number of esters is 1. The molecule has 0 fully saturated rings. The van der Waals surface area contributed by atoms with Crippen LogP contribution in [0.25, 0.3) is 22.3 Å². The van der Waals surface area contributed by atoms with Gasteiger partial charge in [-0.2, -0.15) is 4.39 Å². The zero-order chi connectivity index (χ0) is 23.6. The average molecular weight is 450 g/mol. The summed E-state index contributed by atoms with van der Waals surface area (Å²) in [5.41, 5.74) is 2.42. The minimum atomic E-state index is -1.08. The van der Waals surface area contributed by atoms with E-state index in [1.165, 1.54) is 31.8 Å². The lowest BCUT2D eigenvalue weighted by Gasteiger charge is -2.09. The molecule has 168 valence electrons. The molecule has 0 unspecified atom stereocenters. The fraction of sp³-hybridized carbons (Fsp3) is 0.0385. The van der Waals surface area contributed by atoms with Crippen LogP contribution in [0, 0.1) is 11.6 Å². The Morgan fingerprint density at radius 2 is 1.36 bits per heavy atom. The molecule has 3 aromatic rings. The van der Waals surface area contributed by atoms with E-state index in [2.05, 4.69) is 16.1 Å². The van der Waals surface area contributed by atoms with E-state index < -0.39 is 17.6 Å². The third kappa shape index (κ3) is 6.07. The molecule has 0 amide bonds. The summed E-state index contributed by atoms with van der Waals surface area (Å²) >= 11 is 0. The van der Waals surface area contributed by atoms with Crippen molar-refractivity contribution >= 4 is 5.97 Å². The van der Waals surface area contributed by atoms with Crippen molar-refractivity contribution in [2.24, 2.45) is 0 Å². The van der Waals surface area contributed by atoms with Gasteiger partial charge >= 0.3 is 5.97 Å². The highest BCUT2D eigenvalue weighted by molar-refractivity contribution is 5.81. The highest BCUT2D eigenvalue weighted by Crippen LogP contribution is 2.31. The van der Waals surface area contributed by atoms with Gasteiger partial charge in [0.25, 0.3) is 0 Å². The number of rotatable bonds is 9. The number of halogens is 2. The van der Waals surface area contributed by atoms with Gasteiger partial charge in [0.1, 0.15) is 30.8 Å². The molecule has 5 nitrogen and oxygen atoms in total. The van der Waals surface area contributed by atoms with E-state index >= 15 is 0 Å². The summed E-state index contributed by atoms with van der Waals surface area (Å²) in [4.78, 5) is 10.9. The molecule has 0 radical (unpaired) electrons. The molecule has 0 saturated carbocycles. The fourth-order valence-electron chi connectivity index (χ4n) is 2.82. The van der Waals surface area contributed by atoms with E-state index in [1.54, 1.807) is 24.3 Å². The Labute approximate surface area is 189 Å². The molecule has 7 heteroatoms. The van der Waals surface area contributed by atoms with Crippen LogP contribution < -0.4 is 9.47 Å². The minimum absolute atomic E-state index is 0.120. The van der Waals surface area contributed by atoms with Gasteiger partial charge in [-0.25, -0.2) is 9.18 Å². The van der Waals surface area contributed by atoms with Crippen molar-refractivity contribution in [2.45, 2.75) is 0 Å². The molecule has 33 heavy (non-hydrogen) atoms. The third-order valence-corrected chi connectivity index (χ3v) is 4.43. The Balaban J connectivity index is 1.70. The molecule has 3 rings (SSSR count). The van der Waals surface area contributed by atoms with Crippen molar-refractivity contribution in [1.29, 1.82) is 0 Å². The first-order valence-electron chi connectivity index (χ1n) is 9.71. The normalized spacial score (nSPS) is 10.9. The first-order chi connectivity index (χ1) is 16.0. The molecule has 0 atom stereocenters. The highest BCUT2D eigenvalue weighted by Gasteiger charge is 2.15. The summed E-state index contributed by atoms with van der Waals surface area (Å²) in [5.74, 6) is -2.36. The summed E-state index contributed by atoms with van der Waals surface area (Å²) in [6.45, 7) is 3.29. The van der Waals surface area contributed by atoms with Crippen LogP contribution in [-0.4, -0.2) is 13.1 Å². The molecule has 0 aliphatic heterocycles. The van der Waals surface area contributed by atoms with E-state index in [1.807, 2.05) is 24.3 Å². The quantitative estimate of drug-likeness (QED) is 0.215. The third-order valence-electron chi connectivity index (χ3n) is 4.43. The topological polar surface area (TPSA) is 54.0 Å². The summed E-state index contributed by atoms with van der Waals surface area (Å²) in [7, 11) is 1.41. The minimum Gasteiger partial charge on any atom is -0.501 e. The van der Waals surface area contributed by atoms with E-state index in [-0.39, 0.29) is 11.3 Å². The molecular formula is C26H20F2O5. The Hall–Kier alpha value is -4.39. The zero-order valence-corrected chi connectivity index (χ0v) is 17.7. The summed E-state index contributed by atoms with van der Waals surface area (Å²) in [6.07, 6.45) is 5.73. The van der Waals surface area contributed by atoms with Crippen LogP contribution in [0.2, 0.25) is 0 Å². The predicted octanol–water partition coefficient (Wildman–Crippen LogP) is 6.37. The Morgan fingerprint density at radius 3 is 2.00 bits per heavy atom. The lowest BCUT2D eigenvalue weighted by molar-refractivity contribution is -0.132. The van der Waals surface area contributed by atoms with E-state index in [9.17, 15) is 13.6 Å². The van der Waals surface area contributed by atoms with Crippen molar-refractivity contribution in [1.82, 2.24) is 0 Å². The number of hydrogen-bond donors (Lipinski definition) is 0. The molecule has 3 aromatic carbocycles. The second-order valence-electron chi connectivity index (χ2n) is 6.50. The smallest absolute Gasteiger partial charge is 0.335 e. The Kier molecular flexibility index (Phi) is 7.96. The highest BCUT2D eigenvalue weighted by atomic mass is 19.2. The SMILES string of the molecule is C=CC(=O)O/C=C\Oc1ccc(-c2ccc(-c3ccc(O/C=C\OC)c(F)c3F)cc2)cc1. The van der Waals surface area contributed by atoms with Crippen LogP contribution in [0.5, 0.6) is 11.5 Å². The van der Waals surface area contributed by atoms with E-state index in [4.69, 9.17) is 9.47 Å². The number of benzene rings is 3. The van der Waals surface area contributed by atoms with Crippen LogP contribution in [0.4, 0.5) is 8.78 Å². The molecule has 0 saturated heterocycles. The second kappa shape index (κ2) is 11.3. The molecule has 0 aliphatic carbocycles. The molecule has 0 heterocycles. The van der Waals surface area contributed by atoms with E-state index in [0.717, 1.165) is 29.7 Å². The Morgan fingerprint density at radius 1 is 0.758 bits per heavy atom. The van der Waals surface area contributed by atoms with Crippen molar-refractivity contribution in [3.8, 4) is 33.8 Å². The maximum absolute atomic E-state index is 14.6. The van der Waals surface area contributed by atoms with Crippen molar-refractivity contribution < 1.29 is 32.5 Å². The van der Waals surface area contributed by atoms with Crippen molar-refractivity contribution in [3.63, 3.8) is 0 Å². The van der Waals surface area contributed by atoms with Gasteiger partial charge in [-0.05, 0) is 41.0 Å². The predicted molar refractivity (Wildman–Crippen MR) is 120 cm³/mol. The second-order valence-corrected chi connectivity index (χ2v) is 6.50. The van der Waals surface area contributed by atoms with Crippen LogP contribution in [0.1, 0.15) is 0 Å². The fourth-order valence-corrected chi connectivity index (χ4v) is 2.82. The molecule has 0 bridgehead atoms. The summed E-state index contributed by atoms with van der Waals surface area (Å²) in [6, 6.07) is 17.0. The number of methoxy groups -OCH3 is 1. The number of hydrogen-bond acceptors (Lipinski definition) is 5. The van der Waals surface area contributed by atoms with Gasteiger partial charge in [-0.3, -0.25) is 0 Å². The standard InChI is InChI=1S/C26H20F2O5/c1-3-24(29)33-17-16-31-21-10-8-19(9-11-21)18-4-6-20(7-5-18)22-12-13-23(26(28)25(22)27)32-15-14-30-2/h3-17H,1H2,2H3/b15-14-,17-16-. The van der Waals surface area contributed by atoms with Gasteiger partial charge in [0.2, 0.25) is 5.82 Å². The van der Waals surface area contributed by atoms with Gasteiger partial charge < -0.3 is 18.9 Å². The van der Waals surface area contributed by atoms with Crippen LogP contribution in [-0.2, 0) is 14.3 Å². The Bertz CT molecular complexity index is 1170. The van der Waals surface area contributed by atoms with Crippen molar-refractivity contribution in [3.05, 3.63) is 110 Å². The zero-order valence-electron chi connectivity index (χ0n) is 17.7. The number of carbonyl (C=O) groups excluding carboxylic acids is 1. The molecule has 0 N–H and O–H groups in total. The number of carbonyl (C=O) groups is 1. The van der Waals surface area contributed by atoms with Gasteiger partial charge in [0, 0.05) is 11.6 Å². The molecule has 0 spiro atoms. The summed E-state index contributed by atoms with van der Waals surface area (Å²) < 4.78 is 48.6. The van der Waals surface area contributed by atoms with Gasteiger partial charge in [0.05, 0.1) is 7.11 Å². The molecule has 0 aliphatic rings. The van der Waals surface area contributed by atoms with Gasteiger partial charge in [-0.1, -0.05) is 43.0 Å². The molecule has 0 aromatic heterocycles. The maximum atomic E-state index is 14.6. The van der Waals surface area contributed by atoms with Crippen LogP contribution in [0.15, 0.2) is 98.4 Å². The maximum Gasteiger partial charge on any atom is 0.335 e. The first-order valence-corrected chi connectivity index (χ1v) is 9.71. The first kappa shape index (κ1) is 23.3. The van der Waals surface area contributed by atoms with Crippen molar-refractivity contribution in [2.75, 3.05) is 7.11 Å². The van der Waals surface area contributed by atoms with Gasteiger partial charge in [0.15, 0.2) is 11.6 Å². The van der Waals surface area contributed by atoms with Crippen LogP contribution >= 0.6 is 0 Å². The average Bonchev–Trinajstić information content (AvgIpc) is 2.85.